The lowest BCUT2D eigenvalue weighted by Gasteiger charge is -2.39. The first kappa shape index (κ1) is 18.3. The number of benzene rings is 1. The molecule has 1 unspecified atom stereocenters. The number of hydrogen-bond acceptors (Lipinski definition) is 3. The molecule has 24 heavy (non-hydrogen) atoms. The number of phenolic OH excluding ortho intramolecular Hbond substituents is 1. The number of halogens is 1. The lowest BCUT2D eigenvalue weighted by Crippen LogP contribution is -2.38. The van der Waals surface area contributed by atoms with Crippen LogP contribution in [0.25, 0.3) is 5.57 Å². The molecule has 1 aromatic carbocycles. The summed E-state index contributed by atoms with van der Waals surface area (Å²) < 4.78 is 6.43. The maximum Gasteiger partial charge on any atom is 0.133 e. The van der Waals surface area contributed by atoms with Gasteiger partial charge in [0.25, 0.3) is 0 Å². The molecule has 1 aliphatic rings. The van der Waals surface area contributed by atoms with Gasteiger partial charge in [0, 0.05) is 17.3 Å². The van der Waals surface area contributed by atoms with E-state index in [1.807, 2.05) is 39.0 Å². The van der Waals surface area contributed by atoms with E-state index in [4.69, 9.17) is 4.74 Å². The molecule has 0 amide bonds. The summed E-state index contributed by atoms with van der Waals surface area (Å²) in [6.45, 7) is 12.2. The van der Waals surface area contributed by atoms with Crippen LogP contribution >= 0.6 is 12.4 Å². The molecule has 3 rings (SSSR count). The summed E-state index contributed by atoms with van der Waals surface area (Å²) in [5.41, 5.74) is 5.19. The molecular weight excluding hydrogens is 322 g/mol. The van der Waals surface area contributed by atoms with Crippen molar-refractivity contribution in [3.05, 3.63) is 58.9 Å². The Hall–Kier alpha value is -2.00. The Morgan fingerprint density at radius 1 is 1.21 bits per heavy atom. The number of ether oxygens (including phenoxy) is 1. The van der Waals surface area contributed by atoms with E-state index in [1.54, 1.807) is 6.20 Å². The second-order valence-corrected chi connectivity index (χ2v) is 6.56. The first-order chi connectivity index (χ1) is 10.8. The van der Waals surface area contributed by atoms with E-state index in [-0.39, 0.29) is 12.4 Å². The average Bonchev–Trinajstić information content (AvgIpc) is 2.58. The van der Waals surface area contributed by atoms with Crippen LogP contribution in [0.4, 0.5) is 0 Å². The van der Waals surface area contributed by atoms with Crippen molar-refractivity contribution in [1.82, 2.24) is 4.98 Å². The van der Waals surface area contributed by atoms with Gasteiger partial charge < -0.3 is 9.84 Å². The normalized spacial score (nSPS) is 19.0. The Balaban J connectivity index is 0.00000208. The van der Waals surface area contributed by atoms with Crippen molar-refractivity contribution >= 4 is 18.0 Å². The van der Waals surface area contributed by atoms with Gasteiger partial charge in [-0.05, 0) is 69.4 Å². The smallest absolute Gasteiger partial charge is 0.133 e. The largest absolute Gasteiger partial charge is 0.507 e. The lowest BCUT2D eigenvalue weighted by atomic mass is 9.82. The average molecular weight is 346 g/mol. The van der Waals surface area contributed by atoms with Gasteiger partial charge in [0.05, 0.1) is 5.69 Å². The number of pyridine rings is 1. The molecular formula is C20H24ClNO2. The zero-order valence-corrected chi connectivity index (χ0v) is 15.5. The Bertz CT molecular complexity index is 786. The number of hydrogen-bond donors (Lipinski definition) is 1. The highest BCUT2D eigenvalue weighted by atomic mass is 35.5. The number of nitrogens with zero attached hydrogens (tertiary/aromatic N) is 1. The van der Waals surface area contributed by atoms with Crippen LogP contribution in [0.2, 0.25) is 0 Å². The molecule has 3 nitrogen and oxygen atoms in total. The third-order valence-electron chi connectivity index (χ3n) is 5.13. The summed E-state index contributed by atoms with van der Waals surface area (Å²) >= 11 is 0. The number of phenols is 1. The van der Waals surface area contributed by atoms with Crippen molar-refractivity contribution < 1.29 is 9.84 Å². The van der Waals surface area contributed by atoms with Gasteiger partial charge >= 0.3 is 0 Å². The van der Waals surface area contributed by atoms with Crippen molar-refractivity contribution in [3.63, 3.8) is 0 Å². The monoisotopic (exact) mass is 345 g/mol. The van der Waals surface area contributed by atoms with Gasteiger partial charge in [-0.1, -0.05) is 12.6 Å². The molecule has 1 aromatic heterocycles. The number of aromatic nitrogens is 1. The highest BCUT2D eigenvalue weighted by molar-refractivity contribution is 5.85. The minimum Gasteiger partial charge on any atom is -0.507 e. The van der Waals surface area contributed by atoms with E-state index in [0.717, 1.165) is 52.1 Å². The van der Waals surface area contributed by atoms with Gasteiger partial charge in [0.15, 0.2) is 0 Å². The minimum atomic E-state index is -0.484. The van der Waals surface area contributed by atoms with Gasteiger partial charge in [-0.2, -0.15) is 0 Å². The van der Waals surface area contributed by atoms with Crippen LogP contribution < -0.4 is 4.74 Å². The lowest BCUT2D eigenvalue weighted by molar-refractivity contribution is 0.122. The van der Waals surface area contributed by atoms with Gasteiger partial charge in [-0.25, -0.2) is 0 Å². The molecule has 0 saturated heterocycles. The second kappa shape index (κ2) is 6.48. The zero-order chi connectivity index (χ0) is 16.8. The fraction of sp³-hybridized carbons (Fsp3) is 0.350. The van der Waals surface area contributed by atoms with Gasteiger partial charge in [-0.3, -0.25) is 4.98 Å². The SMILES string of the molecule is C=C(c1ccccn1)C1(C)CCc2c(C)c(O)c(C)c(C)c2O1.Cl. The molecule has 0 spiro atoms. The molecule has 2 aromatic rings. The fourth-order valence-corrected chi connectivity index (χ4v) is 3.27. The molecule has 0 aliphatic carbocycles. The Morgan fingerprint density at radius 3 is 2.54 bits per heavy atom. The summed E-state index contributed by atoms with van der Waals surface area (Å²) in [5.74, 6) is 1.28. The molecule has 0 radical (unpaired) electrons. The Labute approximate surface area is 149 Å². The van der Waals surface area contributed by atoms with Crippen LogP contribution in [0, 0.1) is 20.8 Å². The van der Waals surface area contributed by atoms with Crippen LogP contribution in [-0.2, 0) is 6.42 Å². The fourth-order valence-electron chi connectivity index (χ4n) is 3.27. The van der Waals surface area contributed by atoms with Crippen LogP contribution in [0.5, 0.6) is 11.5 Å². The molecule has 0 fully saturated rings. The van der Waals surface area contributed by atoms with Crippen molar-refractivity contribution in [2.24, 2.45) is 0 Å². The zero-order valence-electron chi connectivity index (χ0n) is 14.6. The molecule has 1 atom stereocenters. The van der Waals surface area contributed by atoms with E-state index in [2.05, 4.69) is 18.5 Å². The summed E-state index contributed by atoms with van der Waals surface area (Å²) in [6, 6.07) is 5.83. The topological polar surface area (TPSA) is 42.4 Å². The molecule has 0 saturated carbocycles. The summed E-state index contributed by atoms with van der Waals surface area (Å²) in [7, 11) is 0. The quantitative estimate of drug-likeness (QED) is 0.839. The highest BCUT2D eigenvalue weighted by Gasteiger charge is 2.37. The maximum absolute atomic E-state index is 10.3. The van der Waals surface area contributed by atoms with Crippen molar-refractivity contribution in [2.75, 3.05) is 0 Å². The van der Waals surface area contributed by atoms with Crippen molar-refractivity contribution in [2.45, 2.75) is 46.1 Å². The molecule has 2 heterocycles. The number of rotatable bonds is 2. The van der Waals surface area contributed by atoms with E-state index in [1.165, 1.54) is 0 Å². The van der Waals surface area contributed by atoms with Crippen LogP contribution in [0.3, 0.4) is 0 Å². The molecule has 4 heteroatoms. The molecule has 1 aliphatic heterocycles. The third kappa shape index (κ3) is 2.78. The maximum atomic E-state index is 10.3. The summed E-state index contributed by atoms with van der Waals surface area (Å²) in [6.07, 6.45) is 3.45. The number of fused-ring (bicyclic) bond motifs is 1. The molecule has 1 N–H and O–H groups in total. The summed E-state index contributed by atoms with van der Waals surface area (Å²) in [5, 5.41) is 10.3. The third-order valence-corrected chi connectivity index (χ3v) is 5.13. The molecule has 128 valence electrons. The van der Waals surface area contributed by atoms with Crippen LogP contribution in [0.15, 0.2) is 31.0 Å². The Morgan fingerprint density at radius 2 is 1.92 bits per heavy atom. The van der Waals surface area contributed by atoms with Crippen molar-refractivity contribution in [1.29, 1.82) is 0 Å². The second-order valence-electron chi connectivity index (χ2n) is 6.56. The van der Waals surface area contributed by atoms with Crippen molar-refractivity contribution in [3.8, 4) is 11.5 Å². The predicted octanol–water partition coefficient (Wildman–Crippen LogP) is 4.93. The predicted molar refractivity (Wildman–Crippen MR) is 100 cm³/mol. The first-order valence-corrected chi connectivity index (χ1v) is 7.96. The minimum absolute atomic E-state index is 0. The molecule has 0 bridgehead atoms. The van der Waals surface area contributed by atoms with E-state index >= 15 is 0 Å². The Kier molecular flexibility index (Phi) is 4.95. The number of aromatic hydroxyl groups is 1. The van der Waals surface area contributed by atoms with Crippen LogP contribution in [0.1, 0.15) is 41.3 Å². The van der Waals surface area contributed by atoms with E-state index in [9.17, 15) is 5.11 Å². The standard InChI is InChI=1S/C20H23NO2.ClH/c1-12-13(2)19-16(14(3)18(12)22)9-10-20(5,23-19)15(4)17-8-6-7-11-21-17;/h6-8,11,22H,4,9-10H2,1-3,5H3;1H. The van der Waals surface area contributed by atoms with Gasteiger partial charge in [0.2, 0.25) is 0 Å². The van der Waals surface area contributed by atoms with Gasteiger partial charge in [-0.15, -0.1) is 12.4 Å². The van der Waals surface area contributed by atoms with E-state index in [0.29, 0.717) is 5.75 Å². The van der Waals surface area contributed by atoms with Crippen LogP contribution in [-0.4, -0.2) is 15.7 Å². The summed E-state index contributed by atoms with van der Waals surface area (Å²) in [4.78, 5) is 4.41. The first-order valence-electron chi connectivity index (χ1n) is 7.96. The highest BCUT2D eigenvalue weighted by Crippen LogP contribution is 2.46. The van der Waals surface area contributed by atoms with Gasteiger partial charge in [0.1, 0.15) is 17.1 Å². The van der Waals surface area contributed by atoms with E-state index < -0.39 is 5.60 Å².